The molecule has 2 aliphatic rings. The van der Waals surface area contributed by atoms with Crippen LogP contribution in [0.5, 0.6) is 5.75 Å². The number of likely N-dealkylation sites (tertiary alicyclic amines) is 1. The average molecular weight is 518 g/mol. The van der Waals surface area contributed by atoms with Gasteiger partial charge in [0, 0.05) is 44.1 Å². The summed E-state index contributed by atoms with van der Waals surface area (Å²) >= 11 is 6.90. The van der Waals surface area contributed by atoms with E-state index in [0.717, 1.165) is 34.0 Å². The third-order valence-electron chi connectivity index (χ3n) is 7.17. The van der Waals surface area contributed by atoms with Gasteiger partial charge in [0.25, 0.3) is 5.91 Å². The van der Waals surface area contributed by atoms with E-state index in [1.165, 1.54) is 6.08 Å². The lowest BCUT2D eigenvalue weighted by Gasteiger charge is -2.43. The van der Waals surface area contributed by atoms with Crippen molar-refractivity contribution in [2.75, 3.05) is 45.2 Å². The fourth-order valence-corrected chi connectivity index (χ4v) is 5.49. The maximum absolute atomic E-state index is 13.6. The van der Waals surface area contributed by atoms with Crippen LogP contribution in [0.15, 0.2) is 61.2 Å². The second-order valence-corrected chi connectivity index (χ2v) is 10.7. The van der Waals surface area contributed by atoms with Gasteiger partial charge < -0.3 is 19.4 Å². The molecular weight excluding hydrogens is 486 g/mol. The predicted octanol–water partition coefficient (Wildman–Crippen LogP) is 5.16. The van der Waals surface area contributed by atoms with Gasteiger partial charge >= 0.3 is 0 Å². The summed E-state index contributed by atoms with van der Waals surface area (Å²) in [6.45, 7) is 8.10. The molecule has 0 unspecified atom stereocenters. The Morgan fingerprint density at radius 1 is 1.16 bits per heavy atom. The lowest BCUT2D eigenvalue weighted by atomic mass is 9.94. The molecule has 0 aliphatic carbocycles. The van der Waals surface area contributed by atoms with E-state index < -0.39 is 6.10 Å². The van der Waals surface area contributed by atoms with Crippen LogP contribution >= 0.6 is 11.6 Å². The quantitative estimate of drug-likeness (QED) is 0.406. The van der Waals surface area contributed by atoms with Crippen molar-refractivity contribution in [3.05, 3.63) is 71.8 Å². The van der Waals surface area contributed by atoms with Gasteiger partial charge in [0.15, 0.2) is 6.10 Å². The van der Waals surface area contributed by atoms with Crippen LogP contribution in [0.3, 0.4) is 0 Å². The van der Waals surface area contributed by atoms with Gasteiger partial charge in [0.2, 0.25) is 5.91 Å². The third kappa shape index (κ3) is 4.96. The largest absolute Gasteiger partial charge is 0.478 e. The summed E-state index contributed by atoms with van der Waals surface area (Å²) < 4.78 is 6.34. The van der Waals surface area contributed by atoms with Crippen LogP contribution in [0.4, 0.5) is 5.69 Å². The molecule has 37 heavy (non-hydrogen) atoms. The van der Waals surface area contributed by atoms with Gasteiger partial charge in [-0.05, 0) is 61.1 Å². The molecule has 0 bridgehead atoms. The molecule has 0 spiro atoms. The lowest BCUT2D eigenvalue weighted by molar-refractivity contribution is -0.132. The molecular formula is C30H32ClN3O3. The molecule has 1 atom stereocenters. The van der Waals surface area contributed by atoms with E-state index in [2.05, 4.69) is 37.8 Å². The number of rotatable bonds is 7. The van der Waals surface area contributed by atoms with Crippen LogP contribution in [0.25, 0.3) is 21.9 Å². The highest BCUT2D eigenvalue weighted by Crippen LogP contribution is 2.44. The summed E-state index contributed by atoms with van der Waals surface area (Å²) in [6, 6.07) is 16.4. The smallest absolute Gasteiger partial charge is 0.268 e. The van der Waals surface area contributed by atoms with Gasteiger partial charge in [0.05, 0.1) is 10.7 Å². The number of halogens is 1. The van der Waals surface area contributed by atoms with Crippen molar-refractivity contribution in [1.82, 2.24) is 9.80 Å². The Morgan fingerprint density at radius 3 is 2.65 bits per heavy atom. The Morgan fingerprint density at radius 2 is 1.92 bits per heavy atom. The highest BCUT2D eigenvalue weighted by atomic mass is 35.5. The topological polar surface area (TPSA) is 53.1 Å². The molecule has 192 valence electrons. The van der Waals surface area contributed by atoms with Gasteiger partial charge in [-0.1, -0.05) is 54.6 Å². The van der Waals surface area contributed by atoms with Crippen molar-refractivity contribution in [2.24, 2.45) is 5.92 Å². The number of carbonyl (C=O) groups excluding carboxylic acids is 2. The summed E-state index contributed by atoms with van der Waals surface area (Å²) in [7, 11) is 3.97. The number of hydrogen-bond donors (Lipinski definition) is 0. The van der Waals surface area contributed by atoms with Crippen molar-refractivity contribution in [1.29, 1.82) is 0 Å². The van der Waals surface area contributed by atoms with E-state index in [4.69, 9.17) is 16.3 Å². The summed E-state index contributed by atoms with van der Waals surface area (Å²) in [5.74, 6) is 0.707. The Bertz CT molecular complexity index is 1380. The van der Waals surface area contributed by atoms with Crippen LogP contribution in [0.1, 0.15) is 12.0 Å². The highest BCUT2D eigenvalue weighted by molar-refractivity contribution is 6.34. The predicted molar refractivity (Wildman–Crippen MR) is 149 cm³/mol. The number of nitrogens with zero attached hydrogens (tertiary/aromatic N) is 3. The average Bonchev–Trinajstić information content (AvgIpc) is 2.84. The van der Waals surface area contributed by atoms with Crippen molar-refractivity contribution in [3.63, 3.8) is 0 Å². The van der Waals surface area contributed by atoms with Crippen molar-refractivity contribution in [2.45, 2.75) is 19.4 Å². The Labute approximate surface area is 223 Å². The van der Waals surface area contributed by atoms with Crippen LogP contribution in [0, 0.1) is 12.8 Å². The zero-order chi connectivity index (χ0) is 26.3. The maximum atomic E-state index is 13.6. The van der Waals surface area contributed by atoms with E-state index in [-0.39, 0.29) is 17.7 Å². The summed E-state index contributed by atoms with van der Waals surface area (Å²) in [5, 5.41) is 2.83. The molecule has 2 amide bonds. The number of ether oxygens (including phenoxy) is 1. The Kier molecular flexibility index (Phi) is 6.97. The van der Waals surface area contributed by atoms with E-state index in [0.29, 0.717) is 42.5 Å². The van der Waals surface area contributed by atoms with Crippen LogP contribution in [-0.2, 0) is 9.59 Å². The first-order chi connectivity index (χ1) is 17.7. The third-order valence-corrected chi connectivity index (χ3v) is 7.48. The first-order valence-electron chi connectivity index (χ1n) is 12.6. The van der Waals surface area contributed by atoms with E-state index in [1.54, 1.807) is 4.90 Å². The van der Waals surface area contributed by atoms with E-state index in [1.807, 2.05) is 48.2 Å². The van der Waals surface area contributed by atoms with Crippen LogP contribution < -0.4 is 9.64 Å². The fourth-order valence-electron chi connectivity index (χ4n) is 5.23. The molecule has 6 nitrogen and oxygen atoms in total. The van der Waals surface area contributed by atoms with Gasteiger partial charge in [-0.2, -0.15) is 0 Å². The number of fused-ring (bicyclic) bond motifs is 2. The van der Waals surface area contributed by atoms with E-state index >= 15 is 0 Å². The summed E-state index contributed by atoms with van der Waals surface area (Å²) in [4.78, 5) is 31.1. The monoisotopic (exact) mass is 517 g/mol. The molecule has 0 N–H and O–H groups in total. The van der Waals surface area contributed by atoms with Crippen LogP contribution in [0.2, 0.25) is 5.02 Å². The molecule has 2 heterocycles. The zero-order valence-electron chi connectivity index (χ0n) is 21.5. The van der Waals surface area contributed by atoms with Crippen molar-refractivity contribution < 1.29 is 14.3 Å². The van der Waals surface area contributed by atoms with Gasteiger partial charge in [-0.3, -0.25) is 9.59 Å². The maximum Gasteiger partial charge on any atom is 0.268 e. The normalized spacial score (nSPS) is 17.5. The number of anilines is 1. The molecule has 0 saturated carbocycles. The number of amides is 2. The SMILES string of the molecule is C=CC(=O)N1CC(CN2C(=O)[C@@H](CCN(C)C)Oc3cc(-c4cc(C)cc5ccccc45)c(Cl)cc32)C1. The van der Waals surface area contributed by atoms with E-state index in [9.17, 15) is 9.59 Å². The summed E-state index contributed by atoms with van der Waals surface area (Å²) in [6.07, 6.45) is 1.34. The number of benzene rings is 3. The molecule has 1 fully saturated rings. The molecule has 7 heteroatoms. The van der Waals surface area contributed by atoms with Crippen LogP contribution in [-0.4, -0.2) is 68.0 Å². The number of carbonyl (C=O) groups is 2. The van der Waals surface area contributed by atoms with Crippen molar-refractivity contribution >= 4 is 39.9 Å². The first-order valence-corrected chi connectivity index (χ1v) is 13.0. The molecule has 5 rings (SSSR count). The minimum absolute atomic E-state index is 0.0623. The van der Waals surface area contributed by atoms with Crippen molar-refractivity contribution in [3.8, 4) is 16.9 Å². The Balaban J connectivity index is 1.53. The standard InChI is InChI=1S/C30H32ClN3O3/c1-5-29(35)33-16-20(17-33)18-34-26-15-25(31)24(14-28(26)37-27(30(34)36)10-11-32(3)4)23-13-19(2)12-21-8-6-7-9-22(21)23/h5-9,12-15,20,27H,1,10-11,16-18H2,2-4H3/t27-/m1/s1. The zero-order valence-corrected chi connectivity index (χ0v) is 22.3. The lowest BCUT2D eigenvalue weighted by Crippen LogP contribution is -2.56. The molecule has 3 aromatic rings. The number of aryl methyl sites for hydroxylation is 1. The second kappa shape index (κ2) is 10.2. The summed E-state index contributed by atoms with van der Waals surface area (Å²) in [5.41, 5.74) is 3.75. The number of hydrogen-bond acceptors (Lipinski definition) is 4. The van der Waals surface area contributed by atoms with Gasteiger partial charge in [-0.25, -0.2) is 0 Å². The molecule has 0 aromatic heterocycles. The highest BCUT2D eigenvalue weighted by Gasteiger charge is 2.39. The second-order valence-electron chi connectivity index (χ2n) is 10.3. The van der Waals surface area contributed by atoms with Gasteiger partial charge in [0.1, 0.15) is 5.75 Å². The van der Waals surface area contributed by atoms with Gasteiger partial charge in [-0.15, -0.1) is 0 Å². The molecule has 1 saturated heterocycles. The molecule has 3 aromatic carbocycles. The molecule has 2 aliphatic heterocycles. The fraction of sp³-hybridized carbons (Fsp3) is 0.333. The molecule has 0 radical (unpaired) electrons. The Hall–Kier alpha value is -3.35. The first kappa shape index (κ1) is 25.3. The minimum atomic E-state index is -0.579. The minimum Gasteiger partial charge on any atom is -0.478 e.